The van der Waals surface area contributed by atoms with Crippen molar-refractivity contribution in [2.45, 2.75) is 20.8 Å². The maximum Gasteiger partial charge on any atom is 0.0910 e. The molecule has 0 amide bonds. The summed E-state index contributed by atoms with van der Waals surface area (Å²) in [5, 5.41) is 0.659. The number of hydrogen-bond donors (Lipinski definition) is 0. The minimum absolute atomic E-state index is 0.659. The third kappa shape index (κ3) is 4.05. The summed E-state index contributed by atoms with van der Waals surface area (Å²) >= 11 is 6.44. The van der Waals surface area contributed by atoms with Crippen molar-refractivity contribution in [3.05, 3.63) is 52.5 Å². The SMILES string of the molecule is CCN(C)/C=N\c1cc(C)c(N(C)c2ccccc2C)cc1Cl. The zero-order valence-electron chi connectivity index (χ0n) is 14.5. The monoisotopic (exact) mass is 329 g/mol. The van der Waals surface area contributed by atoms with Crippen LogP contribution in [0.25, 0.3) is 0 Å². The van der Waals surface area contributed by atoms with Crippen molar-refractivity contribution < 1.29 is 0 Å². The highest BCUT2D eigenvalue weighted by molar-refractivity contribution is 6.33. The van der Waals surface area contributed by atoms with E-state index in [0.29, 0.717) is 5.02 Å². The summed E-state index contributed by atoms with van der Waals surface area (Å²) in [5.41, 5.74) is 5.44. The summed E-state index contributed by atoms with van der Waals surface area (Å²) in [6.45, 7) is 7.19. The third-order valence-electron chi connectivity index (χ3n) is 4.00. The van der Waals surface area contributed by atoms with Crippen LogP contribution in [0.15, 0.2) is 41.4 Å². The molecule has 0 bridgehead atoms. The van der Waals surface area contributed by atoms with Crippen LogP contribution in [0.3, 0.4) is 0 Å². The zero-order valence-corrected chi connectivity index (χ0v) is 15.2. The molecule has 0 fully saturated rings. The van der Waals surface area contributed by atoms with Crippen LogP contribution >= 0.6 is 11.6 Å². The van der Waals surface area contributed by atoms with Gasteiger partial charge in [0.15, 0.2) is 0 Å². The molecule has 0 saturated heterocycles. The van der Waals surface area contributed by atoms with Gasteiger partial charge in [-0.2, -0.15) is 0 Å². The Hall–Kier alpha value is -2.00. The minimum Gasteiger partial charge on any atom is -0.366 e. The van der Waals surface area contributed by atoms with Crippen LogP contribution in [0.4, 0.5) is 17.1 Å². The number of rotatable bonds is 5. The maximum absolute atomic E-state index is 6.44. The first-order valence-electron chi connectivity index (χ1n) is 7.78. The lowest BCUT2D eigenvalue weighted by Gasteiger charge is -2.24. The molecule has 0 heterocycles. The topological polar surface area (TPSA) is 18.8 Å². The van der Waals surface area contributed by atoms with Gasteiger partial charge in [0.1, 0.15) is 0 Å². The second kappa shape index (κ2) is 7.51. The van der Waals surface area contributed by atoms with Crippen LogP contribution in [0.5, 0.6) is 0 Å². The summed E-state index contributed by atoms with van der Waals surface area (Å²) < 4.78 is 0. The maximum atomic E-state index is 6.44. The lowest BCUT2D eigenvalue weighted by Crippen LogP contribution is -2.14. The standard InChI is InChI=1S/C19H24ClN3/c1-6-22(4)13-21-17-11-15(3)19(12-16(17)20)23(5)18-10-8-7-9-14(18)2/h7-13H,6H2,1-5H3/b21-13-. The molecule has 0 radical (unpaired) electrons. The van der Waals surface area contributed by atoms with Gasteiger partial charge in [-0.1, -0.05) is 29.8 Å². The van der Waals surface area contributed by atoms with Crippen molar-refractivity contribution in [3.8, 4) is 0 Å². The van der Waals surface area contributed by atoms with Gasteiger partial charge in [-0.05, 0) is 50.1 Å². The molecule has 0 atom stereocenters. The molecule has 0 aromatic heterocycles. The highest BCUT2D eigenvalue weighted by Crippen LogP contribution is 2.36. The van der Waals surface area contributed by atoms with Gasteiger partial charge in [0.2, 0.25) is 0 Å². The van der Waals surface area contributed by atoms with Crippen LogP contribution in [0.1, 0.15) is 18.1 Å². The Balaban J connectivity index is 2.37. The van der Waals surface area contributed by atoms with Crippen molar-refractivity contribution in [3.63, 3.8) is 0 Å². The normalized spacial score (nSPS) is 11.0. The average Bonchev–Trinajstić information content (AvgIpc) is 2.54. The Labute approximate surface area is 144 Å². The van der Waals surface area contributed by atoms with Crippen molar-refractivity contribution in [1.29, 1.82) is 0 Å². The fourth-order valence-corrected chi connectivity index (χ4v) is 2.63. The largest absolute Gasteiger partial charge is 0.366 e. The van der Waals surface area contributed by atoms with E-state index in [1.165, 1.54) is 11.3 Å². The number of halogens is 1. The van der Waals surface area contributed by atoms with Crippen molar-refractivity contribution >= 4 is 35.0 Å². The van der Waals surface area contributed by atoms with E-state index in [9.17, 15) is 0 Å². The molecule has 122 valence electrons. The van der Waals surface area contributed by atoms with E-state index in [-0.39, 0.29) is 0 Å². The summed E-state index contributed by atoms with van der Waals surface area (Å²) in [4.78, 5) is 8.66. The molecule has 0 spiro atoms. The Morgan fingerprint density at radius 1 is 1.04 bits per heavy atom. The second-order valence-electron chi connectivity index (χ2n) is 5.75. The molecule has 0 aliphatic heterocycles. The third-order valence-corrected chi connectivity index (χ3v) is 4.30. The summed E-state index contributed by atoms with van der Waals surface area (Å²) in [6, 6.07) is 12.4. The molecule has 0 saturated carbocycles. The molecule has 23 heavy (non-hydrogen) atoms. The van der Waals surface area contributed by atoms with Crippen molar-refractivity contribution in [2.75, 3.05) is 25.5 Å². The Bertz CT molecular complexity index is 710. The van der Waals surface area contributed by atoms with Gasteiger partial charge < -0.3 is 9.80 Å². The molecule has 3 nitrogen and oxygen atoms in total. The molecule has 2 aromatic rings. The van der Waals surface area contributed by atoms with Gasteiger partial charge >= 0.3 is 0 Å². The van der Waals surface area contributed by atoms with E-state index in [1.807, 2.05) is 30.4 Å². The van der Waals surface area contributed by atoms with Crippen LogP contribution in [0, 0.1) is 13.8 Å². The Morgan fingerprint density at radius 3 is 2.39 bits per heavy atom. The summed E-state index contributed by atoms with van der Waals surface area (Å²) in [6.07, 6.45) is 1.81. The predicted octanol–water partition coefficient (Wildman–Crippen LogP) is 5.34. The highest BCUT2D eigenvalue weighted by Gasteiger charge is 2.12. The fourth-order valence-electron chi connectivity index (χ4n) is 2.43. The van der Waals surface area contributed by atoms with Gasteiger partial charge in [0, 0.05) is 32.0 Å². The van der Waals surface area contributed by atoms with Crippen LogP contribution in [0.2, 0.25) is 5.02 Å². The molecule has 0 aliphatic carbocycles. The number of aryl methyl sites for hydroxylation is 2. The first kappa shape index (κ1) is 17.4. The minimum atomic E-state index is 0.659. The van der Waals surface area contributed by atoms with Crippen molar-refractivity contribution in [1.82, 2.24) is 4.90 Å². The van der Waals surface area contributed by atoms with Gasteiger partial charge in [-0.3, -0.25) is 0 Å². The Morgan fingerprint density at radius 2 is 1.74 bits per heavy atom. The molecule has 0 unspecified atom stereocenters. The molecule has 4 heteroatoms. The van der Waals surface area contributed by atoms with Crippen LogP contribution < -0.4 is 4.90 Å². The predicted molar refractivity (Wildman–Crippen MR) is 102 cm³/mol. The van der Waals surface area contributed by atoms with Crippen LogP contribution in [-0.2, 0) is 0 Å². The van der Waals surface area contributed by atoms with Gasteiger partial charge in [0.25, 0.3) is 0 Å². The lowest BCUT2D eigenvalue weighted by molar-refractivity contribution is 0.552. The zero-order chi connectivity index (χ0) is 17.0. The Kier molecular flexibility index (Phi) is 5.67. The number of para-hydroxylation sites is 1. The molecule has 0 N–H and O–H groups in total. The van der Waals surface area contributed by atoms with Crippen LogP contribution in [-0.4, -0.2) is 31.9 Å². The van der Waals surface area contributed by atoms with E-state index in [2.05, 4.69) is 62.0 Å². The summed E-state index contributed by atoms with van der Waals surface area (Å²) in [7, 11) is 4.05. The van der Waals surface area contributed by atoms with Crippen molar-refractivity contribution in [2.24, 2.45) is 4.99 Å². The highest BCUT2D eigenvalue weighted by atomic mass is 35.5. The van der Waals surface area contributed by atoms with Gasteiger partial charge in [0.05, 0.1) is 17.0 Å². The van der Waals surface area contributed by atoms with E-state index in [1.54, 1.807) is 0 Å². The first-order valence-corrected chi connectivity index (χ1v) is 8.15. The summed E-state index contributed by atoms with van der Waals surface area (Å²) in [5.74, 6) is 0. The quantitative estimate of drug-likeness (QED) is 0.545. The average molecular weight is 330 g/mol. The smallest absolute Gasteiger partial charge is 0.0910 e. The van der Waals surface area contributed by atoms with E-state index >= 15 is 0 Å². The second-order valence-corrected chi connectivity index (χ2v) is 6.16. The van der Waals surface area contributed by atoms with E-state index in [0.717, 1.165) is 23.5 Å². The number of anilines is 2. The van der Waals surface area contributed by atoms with E-state index < -0.39 is 0 Å². The number of hydrogen-bond acceptors (Lipinski definition) is 2. The number of aliphatic imine (C=N–C) groups is 1. The van der Waals surface area contributed by atoms with E-state index in [4.69, 9.17) is 11.6 Å². The molecule has 0 aliphatic rings. The molecule has 2 rings (SSSR count). The molecular weight excluding hydrogens is 306 g/mol. The number of benzene rings is 2. The lowest BCUT2D eigenvalue weighted by atomic mass is 10.1. The number of nitrogens with zero attached hydrogens (tertiary/aromatic N) is 3. The molecular formula is C19H24ClN3. The molecule has 2 aromatic carbocycles. The first-order chi connectivity index (χ1) is 10.9. The van der Waals surface area contributed by atoms with Gasteiger partial charge in [-0.15, -0.1) is 0 Å². The van der Waals surface area contributed by atoms with Gasteiger partial charge in [-0.25, -0.2) is 4.99 Å². The fraction of sp³-hybridized carbons (Fsp3) is 0.316.